The van der Waals surface area contributed by atoms with Crippen molar-refractivity contribution in [2.24, 2.45) is 0 Å². The maximum absolute atomic E-state index is 13.7. The first-order valence-corrected chi connectivity index (χ1v) is 10.1. The number of imidazole rings is 1. The predicted molar refractivity (Wildman–Crippen MR) is 104 cm³/mol. The maximum atomic E-state index is 13.7. The lowest BCUT2D eigenvalue weighted by Gasteiger charge is -2.24. The Kier molecular flexibility index (Phi) is 4.85. The van der Waals surface area contributed by atoms with Crippen LogP contribution in [-0.4, -0.2) is 58.2 Å². The molecule has 2 saturated heterocycles. The number of hydrogen-bond acceptors (Lipinski definition) is 4. The molecule has 3 aromatic rings. The fourth-order valence-corrected chi connectivity index (χ4v) is 4.27. The molecule has 2 amide bonds. The first-order chi connectivity index (χ1) is 15.3. The average molecular weight is 446 g/mol. The molecule has 2 aliphatic rings. The Bertz CT molecular complexity index is 1180. The number of fused-ring (bicyclic) bond motifs is 3. The number of alkyl halides is 3. The summed E-state index contributed by atoms with van der Waals surface area (Å²) < 4.78 is 48.0. The number of aromatic amines is 1. The Balaban J connectivity index is 1.49. The van der Waals surface area contributed by atoms with E-state index in [0.717, 1.165) is 6.42 Å². The Morgan fingerprint density at radius 3 is 2.72 bits per heavy atom. The van der Waals surface area contributed by atoms with Crippen molar-refractivity contribution < 1.29 is 31.9 Å². The minimum atomic E-state index is -4.76. The van der Waals surface area contributed by atoms with Crippen LogP contribution in [0.2, 0.25) is 0 Å². The number of H-pyrrole nitrogens is 1. The lowest BCUT2D eigenvalue weighted by Crippen LogP contribution is -2.45. The molecule has 3 atom stereocenters. The zero-order valence-corrected chi connectivity index (χ0v) is 16.7. The quantitative estimate of drug-likeness (QED) is 0.598. The summed E-state index contributed by atoms with van der Waals surface area (Å²) in [5.41, 5.74) is -0.183. The zero-order valence-electron chi connectivity index (χ0n) is 16.7. The molecule has 3 aromatic heterocycles. The molecule has 166 valence electrons. The summed E-state index contributed by atoms with van der Waals surface area (Å²) in [6.07, 6.45) is -1.21. The highest BCUT2D eigenvalue weighted by Crippen LogP contribution is 2.32. The Morgan fingerprint density at radius 2 is 2.06 bits per heavy atom. The van der Waals surface area contributed by atoms with Crippen LogP contribution >= 0.6 is 0 Å². The molecule has 5 heterocycles. The molecule has 2 aliphatic heterocycles. The van der Waals surface area contributed by atoms with Crippen LogP contribution in [0.3, 0.4) is 0 Å². The second-order valence-electron chi connectivity index (χ2n) is 7.81. The summed E-state index contributed by atoms with van der Waals surface area (Å²) in [5.74, 6) is -1.23. The largest absolute Gasteiger partial charge is 0.414 e. The monoisotopic (exact) mass is 446 g/mol. The summed E-state index contributed by atoms with van der Waals surface area (Å²) in [6.45, 7) is 0.888. The van der Waals surface area contributed by atoms with E-state index in [-0.39, 0.29) is 40.8 Å². The van der Waals surface area contributed by atoms with Crippen molar-refractivity contribution in [1.82, 2.24) is 20.2 Å². The number of rotatable bonds is 4. The van der Waals surface area contributed by atoms with Crippen LogP contribution in [0.5, 0.6) is 0 Å². The van der Waals surface area contributed by atoms with Crippen molar-refractivity contribution in [1.29, 1.82) is 0 Å². The molecule has 0 aliphatic carbocycles. The van der Waals surface area contributed by atoms with Crippen molar-refractivity contribution in [2.45, 2.75) is 30.8 Å². The van der Waals surface area contributed by atoms with E-state index in [1.54, 1.807) is 29.3 Å². The number of halogens is 3. The molecule has 0 aromatic carbocycles. The molecule has 2 N–H and O–H groups in total. The normalized spacial score (nSPS) is 21.2. The molecule has 8 nitrogen and oxygen atoms in total. The highest BCUT2D eigenvalue weighted by molar-refractivity contribution is 6.00. The van der Waals surface area contributed by atoms with Crippen LogP contribution in [0.4, 0.5) is 13.2 Å². The van der Waals surface area contributed by atoms with Gasteiger partial charge in [0, 0.05) is 12.7 Å². The molecule has 32 heavy (non-hydrogen) atoms. The van der Waals surface area contributed by atoms with Crippen LogP contribution in [0.15, 0.2) is 48.8 Å². The zero-order chi connectivity index (χ0) is 22.5. The molecule has 11 heteroatoms. The van der Waals surface area contributed by atoms with Gasteiger partial charge < -0.3 is 15.0 Å². The first-order valence-electron chi connectivity index (χ1n) is 10.1. The van der Waals surface area contributed by atoms with Gasteiger partial charge in [0.15, 0.2) is 11.6 Å². The molecule has 5 rings (SSSR count). The standard InChI is InChI=1S/C21H18F3N5O3/c22-21(23,24)17(14-5-1-3-7-25-14)27-19(30)16-15-6-2-4-8-28(15)18(26-16)20(31)29-10-13-9-12(29)11-32-13/h1-8,12-13,17H,9-11H2,(H,27,30)/p+1/t12-,13-,17?/m0/s1. The van der Waals surface area contributed by atoms with Crippen LogP contribution in [0.1, 0.15) is 39.3 Å². The number of carbonyl (C=O) groups is 2. The number of hydrogen-bond donors (Lipinski definition) is 2. The van der Waals surface area contributed by atoms with Gasteiger partial charge in [0.1, 0.15) is 0 Å². The van der Waals surface area contributed by atoms with Gasteiger partial charge in [-0.25, -0.2) is 4.98 Å². The third-order valence-electron chi connectivity index (χ3n) is 5.78. The minimum absolute atomic E-state index is 0.0103. The number of carbonyl (C=O) groups excluding carboxylic acids is 2. The lowest BCUT2D eigenvalue weighted by atomic mass is 10.1. The molecular formula is C21H19F3N5O3+. The summed E-state index contributed by atoms with van der Waals surface area (Å²) in [6, 6.07) is 6.62. The van der Waals surface area contributed by atoms with Crippen molar-refractivity contribution in [3.63, 3.8) is 0 Å². The van der Waals surface area contributed by atoms with Crippen LogP contribution in [0.25, 0.3) is 5.52 Å². The summed E-state index contributed by atoms with van der Waals surface area (Å²) in [5, 5.41) is 2.01. The second kappa shape index (κ2) is 7.59. The Morgan fingerprint density at radius 1 is 1.25 bits per heavy atom. The lowest BCUT2D eigenvalue weighted by molar-refractivity contribution is -0.514. The van der Waals surface area contributed by atoms with Gasteiger partial charge in [-0.15, -0.1) is 0 Å². The van der Waals surface area contributed by atoms with Gasteiger partial charge in [-0.2, -0.15) is 17.6 Å². The van der Waals surface area contributed by atoms with E-state index in [9.17, 15) is 22.8 Å². The van der Waals surface area contributed by atoms with Crippen LogP contribution < -0.4 is 9.72 Å². The van der Waals surface area contributed by atoms with E-state index >= 15 is 0 Å². The number of likely N-dealkylation sites (tertiary alicyclic amines) is 1. The molecule has 0 saturated carbocycles. The van der Waals surface area contributed by atoms with Gasteiger partial charge >= 0.3 is 17.9 Å². The van der Waals surface area contributed by atoms with Gasteiger partial charge in [-0.1, -0.05) is 12.1 Å². The van der Waals surface area contributed by atoms with Crippen LogP contribution in [0, 0.1) is 0 Å². The van der Waals surface area contributed by atoms with Gasteiger partial charge in [0.25, 0.3) is 5.91 Å². The minimum Gasteiger partial charge on any atom is -0.374 e. The van der Waals surface area contributed by atoms with Gasteiger partial charge in [0.05, 0.1) is 30.6 Å². The first kappa shape index (κ1) is 20.4. The molecule has 0 spiro atoms. The Hall–Kier alpha value is -3.47. The average Bonchev–Trinajstić information content (AvgIpc) is 3.51. The highest BCUT2D eigenvalue weighted by Gasteiger charge is 2.46. The van der Waals surface area contributed by atoms with Crippen molar-refractivity contribution in [3.8, 4) is 0 Å². The van der Waals surface area contributed by atoms with Gasteiger partial charge in [0.2, 0.25) is 5.69 Å². The fourth-order valence-electron chi connectivity index (χ4n) is 4.27. The number of pyridine rings is 2. The fraction of sp³-hybridized carbons (Fsp3) is 0.333. The van der Waals surface area contributed by atoms with E-state index < -0.39 is 18.1 Å². The number of amides is 2. The number of aromatic nitrogens is 3. The predicted octanol–water partition coefficient (Wildman–Crippen LogP) is 1.80. The summed E-state index contributed by atoms with van der Waals surface area (Å²) >= 11 is 0. The highest BCUT2D eigenvalue weighted by atomic mass is 19.4. The van der Waals surface area contributed by atoms with E-state index in [2.05, 4.69) is 9.97 Å². The van der Waals surface area contributed by atoms with Crippen molar-refractivity contribution in [3.05, 3.63) is 66.0 Å². The maximum Gasteiger partial charge on any atom is 0.414 e. The smallest absolute Gasteiger partial charge is 0.374 e. The molecule has 2 fully saturated rings. The Labute approximate surface area is 180 Å². The van der Waals surface area contributed by atoms with Gasteiger partial charge in [-0.3, -0.25) is 14.6 Å². The second-order valence-corrected chi connectivity index (χ2v) is 7.81. The van der Waals surface area contributed by atoms with Crippen molar-refractivity contribution in [2.75, 3.05) is 13.2 Å². The topological polar surface area (TPSA) is 91.4 Å². The van der Waals surface area contributed by atoms with Gasteiger partial charge in [-0.05, 0) is 30.7 Å². The van der Waals surface area contributed by atoms with Crippen molar-refractivity contribution >= 4 is 17.3 Å². The molecule has 1 unspecified atom stereocenters. The third kappa shape index (κ3) is 3.48. The summed E-state index contributed by atoms with van der Waals surface area (Å²) in [4.78, 5) is 34.3. The van der Waals surface area contributed by atoms with Crippen LogP contribution in [-0.2, 0) is 4.74 Å². The molecule has 2 bridgehead atoms. The SMILES string of the molecule is O=C(NC(c1ccccn1)C(F)(F)F)c1[nH]c(C(=O)N2C[C@@H]3C[C@H]2CO3)[n+]2ccccc12. The number of nitrogens with one attached hydrogen (secondary N) is 2. The van der Waals surface area contributed by atoms with E-state index in [4.69, 9.17) is 4.74 Å². The third-order valence-corrected chi connectivity index (χ3v) is 5.78. The van der Waals surface area contributed by atoms with E-state index in [1.165, 1.54) is 28.8 Å². The van der Waals surface area contributed by atoms with E-state index in [1.807, 2.05) is 5.32 Å². The molecular weight excluding hydrogens is 427 g/mol. The number of nitrogens with zero attached hydrogens (tertiary/aromatic N) is 3. The molecule has 0 radical (unpaired) electrons. The number of morpholine rings is 1. The van der Waals surface area contributed by atoms with E-state index in [0.29, 0.717) is 13.2 Å². The summed E-state index contributed by atoms with van der Waals surface area (Å²) in [7, 11) is 0. The number of ether oxygens (including phenoxy) is 1.